The fourth-order valence-electron chi connectivity index (χ4n) is 3.81. The van der Waals surface area contributed by atoms with Gasteiger partial charge in [0.05, 0.1) is 11.8 Å². The van der Waals surface area contributed by atoms with Crippen LogP contribution in [-0.4, -0.2) is 69.5 Å². The molecule has 1 saturated heterocycles. The number of ether oxygens (including phenoxy) is 1. The summed E-state index contributed by atoms with van der Waals surface area (Å²) in [4.78, 5) is 50.7. The number of rotatable bonds is 4. The number of esters is 1. The first-order valence-corrected chi connectivity index (χ1v) is 11.1. The Morgan fingerprint density at radius 1 is 1.06 bits per heavy atom. The Morgan fingerprint density at radius 2 is 1.73 bits per heavy atom. The molecule has 1 atom stereocenters. The van der Waals surface area contributed by atoms with Crippen LogP contribution >= 0.6 is 0 Å². The van der Waals surface area contributed by atoms with Crippen molar-refractivity contribution in [3.8, 4) is 0 Å². The number of hydrogen-bond donors (Lipinski definition) is 1. The third kappa shape index (κ3) is 5.66. The van der Waals surface area contributed by atoms with Crippen LogP contribution in [0.3, 0.4) is 0 Å². The normalized spacial score (nSPS) is 16.0. The second-order valence-electron chi connectivity index (χ2n) is 8.62. The van der Waals surface area contributed by atoms with Crippen LogP contribution in [0, 0.1) is 20.8 Å². The third-order valence-electron chi connectivity index (χ3n) is 5.43. The number of carbonyl (C=O) groups excluding carboxylic acids is 3. The number of hydrogen-bond acceptors (Lipinski definition) is 6. The van der Waals surface area contributed by atoms with Gasteiger partial charge in [0.1, 0.15) is 17.1 Å². The van der Waals surface area contributed by atoms with Crippen molar-refractivity contribution in [3.05, 3.63) is 52.6 Å². The summed E-state index contributed by atoms with van der Waals surface area (Å²) in [6.45, 7) is 11.7. The van der Waals surface area contributed by atoms with Gasteiger partial charge in [0.2, 0.25) is 0 Å². The SMILES string of the molecule is Cc1ccc(NC(=O)N2CCN(C(=O)c3nc(C)nc(C)c3C(=O)OC(C)C)CC2C)cc1. The molecule has 33 heavy (non-hydrogen) atoms. The van der Waals surface area contributed by atoms with Gasteiger partial charge in [-0.25, -0.2) is 19.6 Å². The van der Waals surface area contributed by atoms with E-state index in [0.717, 1.165) is 11.3 Å². The topological polar surface area (TPSA) is 105 Å². The number of piperazine rings is 1. The van der Waals surface area contributed by atoms with Crippen molar-refractivity contribution < 1.29 is 19.1 Å². The molecule has 1 N–H and O–H groups in total. The Labute approximate surface area is 194 Å². The fraction of sp³-hybridized carbons (Fsp3) is 0.458. The summed E-state index contributed by atoms with van der Waals surface area (Å²) in [5.74, 6) is -0.583. The van der Waals surface area contributed by atoms with Gasteiger partial charge in [0.15, 0.2) is 0 Å². The largest absolute Gasteiger partial charge is 0.459 e. The molecule has 9 nitrogen and oxygen atoms in total. The highest BCUT2D eigenvalue weighted by Gasteiger charge is 2.33. The van der Waals surface area contributed by atoms with Gasteiger partial charge in [-0.2, -0.15) is 0 Å². The molecule has 3 amide bonds. The molecule has 1 fully saturated rings. The molecule has 0 radical (unpaired) electrons. The number of nitrogens with zero attached hydrogens (tertiary/aromatic N) is 4. The van der Waals surface area contributed by atoms with Crippen LogP contribution in [0.25, 0.3) is 0 Å². The lowest BCUT2D eigenvalue weighted by Gasteiger charge is -2.39. The molecule has 176 valence electrons. The number of aromatic nitrogens is 2. The fourth-order valence-corrected chi connectivity index (χ4v) is 3.81. The molecule has 1 aromatic heterocycles. The maximum absolute atomic E-state index is 13.4. The van der Waals surface area contributed by atoms with Gasteiger partial charge in [0, 0.05) is 31.4 Å². The summed E-state index contributed by atoms with van der Waals surface area (Å²) in [5.41, 5.74) is 2.36. The first-order valence-electron chi connectivity index (χ1n) is 11.1. The van der Waals surface area contributed by atoms with Crippen molar-refractivity contribution in [3.63, 3.8) is 0 Å². The lowest BCUT2D eigenvalue weighted by Crippen LogP contribution is -2.56. The molecule has 3 rings (SSSR count). The first kappa shape index (κ1) is 24.2. The first-order chi connectivity index (χ1) is 15.6. The average molecular weight is 454 g/mol. The number of aryl methyl sites for hydroxylation is 3. The van der Waals surface area contributed by atoms with Gasteiger partial charge in [-0.05, 0) is 53.7 Å². The van der Waals surface area contributed by atoms with Gasteiger partial charge in [-0.15, -0.1) is 0 Å². The van der Waals surface area contributed by atoms with Crippen molar-refractivity contribution >= 4 is 23.6 Å². The number of amides is 3. The number of carbonyl (C=O) groups is 3. The van der Waals surface area contributed by atoms with Gasteiger partial charge in [0.25, 0.3) is 5.91 Å². The van der Waals surface area contributed by atoms with E-state index < -0.39 is 5.97 Å². The summed E-state index contributed by atoms with van der Waals surface area (Å²) < 4.78 is 5.32. The zero-order chi connectivity index (χ0) is 24.3. The van der Waals surface area contributed by atoms with E-state index in [2.05, 4.69) is 15.3 Å². The Morgan fingerprint density at radius 3 is 2.33 bits per heavy atom. The van der Waals surface area contributed by atoms with Crippen LogP contribution in [0.15, 0.2) is 24.3 Å². The van der Waals surface area contributed by atoms with Crippen LogP contribution < -0.4 is 5.32 Å². The highest BCUT2D eigenvalue weighted by molar-refractivity contribution is 6.04. The van der Waals surface area contributed by atoms with E-state index in [1.165, 1.54) is 0 Å². The quantitative estimate of drug-likeness (QED) is 0.712. The summed E-state index contributed by atoms with van der Waals surface area (Å²) in [6.07, 6.45) is -0.336. The predicted octanol–water partition coefficient (Wildman–Crippen LogP) is 3.35. The lowest BCUT2D eigenvalue weighted by atomic mass is 10.1. The molecule has 1 unspecified atom stereocenters. The zero-order valence-electron chi connectivity index (χ0n) is 20.0. The highest BCUT2D eigenvalue weighted by atomic mass is 16.5. The van der Waals surface area contributed by atoms with Crippen molar-refractivity contribution in [1.82, 2.24) is 19.8 Å². The van der Waals surface area contributed by atoms with E-state index in [-0.39, 0.29) is 35.3 Å². The predicted molar refractivity (Wildman–Crippen MR) is 124 cm³/mol. The maximum Gasteiger partial charge on any atom is 0.342 e. The molecule has 2 heterocycles. The molecule has 9 heteroatoms. The van der Waals surface area contributed by atoms with Crippen molar-refractivity contribution in [2.75, 3.05) is 25.0 Å². The van der Waals surface area contributed by atoms with Crippen molar-refractivity contribution in [2.24, 2.45) is 0 Å². The van der Waals surface area contributed by atoms with Gasteiger partial charge in [-0.1, -0.05) is 17.7 Å². The van der Waals surface area contributed by atoms with Crippen molar-refractivity contribution in [2.45, 2.75) is 53.7 Å². The Hall–Kier alpha value is -3.49. The molecular formula is C24H31N5O4. The molecule has 1 aliphatic rings. The van der Waals surface area contributed by atoms with E-state index >= 15 is 0 Å². The molecule has 0 saturated carbocycles. The number of urea groups is 1. The molecule has 0 bridgehead atoms. The second kappa shape index (κ2) is 9.97. The zero-order valence-corrected chi connectivity index (χ0v) is 20.0. The summed E-state index contributed by atoms with van der Waals surface area (Å²) in [7, 11) is 0. The Balaban J connectivity index is 1.75. The molecule has 1 aromatic carbocycles. The Kier molecular flexibility index (Phi) is 7.30. The van der Waals surface area contributed by atoms with E-state index in [9.17, 15) is 14.4 Å². The van der Waals surface area contributed by atoms with Gasteiger partial charge >= 0.3 is 12.0 Å². The summed E-state index contributed by atoms with van der Waals surface area (Å²) in [5, 5.41) is 2.90. The van der Waals surface area contributed by atoms with E-state index in [1.54, 1.807) is 37.5 Å². The molecule has 2 aromatic rings. The molecule has 1 aliphatic heterocycles. The number of nitrogens with one attached hydrogen (secondary N) is 1. The van der Waals surface area contributed by atoms with E-state index in [4.69, 9.17) is 4.74 Å². The van der Waals surface area contributed by atoms with Crippen LogP contribution in [-0.2, 0) is 4.74 Å². The minimum Gasteiger partial charge on any atom is -0.459 e. The van der Waals surface area contributed by atoms with Crippen LogP contribution in [0.4, 0.5) is 10.5 Å². The van der Waals surface area contributed by atoms with Gasteiger partial charge in [-0.3, -0.25) is 4.79 Å². The monoisotopic (exact) mass is 453 g/mol. The highest BCUT2D eigenvalue weighted by Crippen LogP contribution is 2.19. The summed E-state index contributed by atoms with van der Waals surface area (Å²) in [6, 6.07) is 7.15. The smallest absolute Gasteiger partial charge is 0.342 e. The maximum atomic E-state index is 13.4. The standard InChI is InChI=1S/C24H31N5O4/c1-14(2)33-23(31)20-17(5)25-18(6)26-21(20)22(30)28-11-12-29(16(4)13-28)24(32)27-19-9-7-15(3)8-10-19/h7-10,14,16H,11-13H2,1-6H3,(H,27,32). The molecular weight excluding hydrogens is 422 g/mol. The third-order valence-corrected chi connectivity index (χ3v) is 5.43. The minimum atomic E-state index is -0.616. The second-order valence-corrected chi connectivity index (χ2v) is 8.62. The average Bonchev–Trinajstić information content (AvgIpc) is 2.73. The Bertz CT molecular complexity index is 1050. The van der Waals surface area contributed by atoms with E-state index in [0.29, 0.717) is 31.2 Å². The molecule has 0 aliphatic carbocycles. The summed E-state index contributed by atoms with van der Waals surface area (Å²) >= 11 is 0. The van der Waals surface area contributed by atoms with Crippen molar-refractivity contribution in [1.29, 1.82) is 0 Å². The van der Waals surface area contributed by atoms with Crippen LogP contribution in [0.1, 0.15) is 58.7 Å². The molecule has 0 spiro atoms. The van der Waals surface area contributed by atoms with Crippen LogP contribution in [0.5, 0.6) is 0 Å². The number of anilines is 1. The minimum absolute atomic E-state index is 0.0374. The lowest BCUT2D eigenvalue weighted by molar-refractivity contribution is 0.0367. The van der Waals surface area contributed by atoms with Gasteiger partial charge < -0.3 is 19.9 Å². The van der Waals surface area contributed by atoms with Crippen LogP contribution in [0.2, 0.25) is 0 Å². The van der Waals surface area contributed by atoms with E-state index in [1.807, 2.05) is 38.1 Å². The number of benzene rings is 1.